The molecule has 16 saturated carbocycles. The third-order valence-electron chi connectivity index (χ3n) is 23.6. The van der Waals surface area contributed by atoms with Gasteiger partial charge < -0.3 is 0 Å². The summed E-state index contributed by atoms with van der Waals surface area (Å²) in [4.78, 5) is 0. The zero-order valence-corrected chi connectivity index (χ0v) is 41.1. The number of hydrogen-bond donors (Lipinski definition) is 0. The predicted molar refractivity (Wildman–Crippen MR) is 249 cm³/mol. The van der Waals surface area contributed by atoms with Crippen LogP contribution in [0.15, 0.2) is 24.3 Å². The predicted octanol–water partition coefficient (Wildman–Crippen LogP) is 15.8. The Morgan fingerprint density at radius 2 is 0.517 bits per heavy atom. The van der Waals surface area contributed by atoms with Crippen molar-refractivity contribution in [3.8, 4) is 0 Å². The SMILES string of the molecule is CC12CC3CC(C)(C1)CC(C(P)(c1ccccc1C(P)(C14CC5CC(C)(CC(C)(C5)C1)C4)C14CC5CC(C)(CC(C)(C5)C1)C4)C14CC5CC(C)(CC(C)(C5)C1)C4)(C3)C2. The molecular weight excluding hydrogens is 735 g/mol. The Bertz CT molecular complexity index is 1680. The standard InChI is InChI=1S/C56H84P2/c1-43-13-37-14-44(2,25-43)30-51(21-37,29-43)55(57,52-22-38-15-45(3,31-52)26-46(4,16-38)32-52)41-11-9-10-12-42(41)56(58,53-23-39-17-47(5,33-53)27-48(6,18-39)34-53)54-24-40-19-49(7,35-54)28-50(8,20-40)36-54/h9-12,37-40H,13-36,57-58H2,1-8H3. The van der Waals surface area contributed by atoms with Crippen LogP contribution in [0, 0.1) is 88.7 Å². The van der Waals surface area contributed by atoms with E-state index in [1.165, 1.54) is 154 Å². The van der Waals surface area contributed by atoms with Crippen LogP contribution in [0.25, 0.3) is 0 Å². The first-order valence-corrected chi connectivity index (χ1v) is 26.7. The molecule has 16 aliphatic carbocycles. The van der Waals surface area contributed by atoms with Gasteiger partial charge in [0.05, 0.1) is 0 Å². The van der Waals surface area contributed by atoms with Gasteiger partial charge in [0.25, 0.3) is 0 Å². The van der Waals surface area contributed by atoms with Gasteiger partial charge in [0.2, 0.25) is 0 Å². The van der Waals surface area contributed by atoms with Crippen molar-refractivity contribution >= 4 is 18.5 Å². The summed E-state index contributed by atoms with van der Waals surface area (Å²) in [6.07, 6.45) is 35.9. The van der Waals surface area contributed by atoms with E-state index in [1.54, 1.807) is 0 Å². The molecule has 16 aliphatic rings. The zero-order valence-electron chi connectivity index (χ0n) is 38.7. The molecule has 10 atom stereocenters. The lowest BCUT2D eigenvalue weighted by molar-refractivity contribution is -0.229. The highest BCUT2D eigenvalue weighted by atomic mass is 31.0. The van der Waals surface area contributed by atoms with E-state index >= 15 is 0 Å². The fourth-order valence-corrected chi connectivity index (χ4v) is 28.8. The molecule has 2 heteroatoms. The first kappa shape index (κ1) is 38.5. The number of benzene rings is 1. The van der Waals surface area contributed by atoms with E-state index < -0.39 is 0 Å². The molecule has 0 spiro atoms. The minimum absolute atomic E-state index is 0.106. The van der Waals surface area contributed by atoms with Crippen molar-refractivity contribution < 1.29 is 0 Å². The van der Waals surface area contributed by atoms with E-state index in [4.69, 9.17) is 0 Å². The summed E-state index contributed by atoms with van der Waals surface area (Å²) in [5.74, 6) is 3.69. The van der Waals surface area contributed by atoms with Crippen LogP contribution in [-0.2, 0) is 10.3 Å². The number of rotatable bonds is 6. The molecule has 1 aromatic carbocycles. The largest absolute Gasteiger partial charge is 0.125 e. The van der Waals surface area contributed by atoms with Gasteiger partial charge in [-0.3, -0.25) is 0 Å². The van der Waals surface area contributed by atoms with E-state index in [0.717, 1.165) is 23.7 Å². The van der Waals surface area contributed by atoms with E-state index in [2.05, 4.69) is 98.1 Å². The van der Waals surface area contributed by atoms with Crippen molar-refractivity contribution in [3.63, 3.8) is 0 Å². The summed E-state index contributed by atoms with van der Waals surface area (Å²) in [6.45, 7) is 22.4. The Morgan fingerprint density at radius 1 is 0.328 bits per heavy atom. The molecule has 0 saturated heterocycles. The van der Waals surface area contributed by atoms with Gasteiger partial charge in [-0.05, 0) is 254 Å². The van der Waals surface area contributed by atoms with Crippen LogP contribution in [0.1, 0.15) is 221 Å². The Morgan fingerprint density at radius 3 is 0.690 bits per heavy atom. The minimum Gasteiger partial charge on any atom is -0.125 e. The molecule has 0 radical (unpaired) electrons. The van der Waals surface area contributed by atoms with E-state index in [1.807, 2.05) is 11.1 Å². The molecule has 58 heavy (non-hydrogen) atoms. The van der Waals surface area contributed by atoms with E-state index in [0.29, 0.717) is 65.0 Å². The lowest BCUT2D eigenvalue weighted by atomic mass is 9.29. The molecule has 0 heterocycles. The van der Waals surface area contributed by atoms with Gasteiger partial charge in [-0.1, -0.05) is 79.7 Å². The maximum absolute atomic E-state index is 4.14. The van der Waals surface area contributed by atoms with Crippen LogP contribution in [0.4, 0.5) is 0 Å². The zero-order chi connectivity index (χ0) is 40.3. The van der Waals surface area contributed by atoms with Crippen molar-refractivity contribution in [2.75, 3.05) is 0 Å². The van der Waals surface area contributed by atoms with Crippen molar-refractivity contribution in [3.05, 3.63) is 35.4 Å². The summed E-state index contributed by atoms with van der Waals surface area (Å²) >= 11 is 0. The Labute approximate surface area is 360 Å². The van der Waals surface area contributed by atoms with Crippen molar-refractivity contribution in [1.29, 1.82) is 0 Å². The maximum Gasteiger partial charge on any atom is 0.0213 e. The first-order chi connectivity index (χ1) is 26.9. The summed E-state index contributed by atoms with van der Waals surface area (Å²) < 4.78 is 0. The third-order valence-corrected chi connectivity index (χ3v) is 26.7. The highest BCUT2D eigenvalue weighted by molar-refractivity contribution is 7.19. The topological polar surface area (TPSA) is 0 Å². The lowest BCUT2D eigenvalue weighted by Crippen LogP contribution is -2.71. The molecule has 318 valence electrons. The average Bonchev–Trinajstić information content (AvgIpc) is 3.00. The van der Waals surface area contributed by atoms with Crippen LogP contribution in [0.2, 0.25) is 0 Å². The fourth-order valence-electron chi connectivity index (χ4n) is 27.0. The molecular formula is C56H84P2. The highest BCUT2D eigenvalue weighted by Gasteiger charge is 2.78. The van der Waals surface area contributed by atoms with Crippen LogP contribution in [0.5, 0.6) is 0 Å². The van der Waals surface area contributed by atoms with Gasteiger partial charge in [-0.15, -0.1) is 18.5 Å². The normalized spacial score (nSPS) is 62.1. The van der Waals surface area contributed by atoms with Crippen LogP contribution < -0.4 is 0 Å². The first-order valence-electron chi connectivity index (χ1n) is 25.5. The molecule has 0 N–H and O–H groups in total. The van der Waals surface area contributed by atoms with Crippen LogP contribution >= 0.6 is 18.5 Å². The molecule has 0 aliphatic heterocycles. The molecule has 1 aromatic rings. The molecule has 16 bridgehead atoms. The quantitative estimate of drug-likeness (QED) is 0.251. The highest BCUT2D eigenvalue weighted by Crippen LogP contribution is 2.87. The van der Waals surface area contributed by atoms with Crippen LogP contribution in [0.3, 0.4) is 0 Å². The Balaban J connectivity index is 1.10. The second-order valence-electron chi connectivity index (χ2n) is 30.8. The summed E-state index contributed by atoms with van der Waals surface area (Å²) in [5.41, 5.74) is 9.31. The molecule has 0 aromatic heterocycles. The fraction of sp³-hybridized carbons (Fsp3) is 0.893. The van der Waals surface area contributed by atoms with Gasteiger partial charge in [-0.2, -0.15) is 0 Å². The number of hydrogen-bond acceptors (Lipinski definition) is 0. The molecule has 16 fully saturated rings. The minimum atomic E-state index is 0.106. The summed E-state index contributed by atoms with van der Waals surface area (Å²) in [5, 5.41) is 0.212. The molecule has 0 nitrogen and oxygen atoms in total. The maximum atomic E-state index is 4.14. The average molecular weight is 819 g/mol. The van der Waals surface area contributed by atoms with Gasteiger partial charge in [0.15, 0.2) is 0 Å². The summed E-state index contributed by atoms with van der Waals surface area (Å²) in [6, 6.07) is 11.0. The van der Waals surface area contributed by atoms with Gasteiger partial charge in [0.1, 0.15) is 0 Å². The van der Waals surface area contributed by atoms with Crippen molar-refractivity contribution in [2.24, 2.45) is 88.7 Å². The summed E-state index contributed by atoms with van der Waals surface area (Å²) in [7, 11) is 8.28. The second-order valence-corrected chi connectivity index (χ2v) is 32.5. The molecule has 17 rings (SSSR count). The lowest BCUT2D eigenvalue weighted by Gasteiger charge is -2.79. The van der Waals surface area contributed by atoms with E-state index in [-0.39, 0.29) is 10.3 Å². The third kappa shape index (κ3) is 4.66. The van der Waals surface area contributed by atoms with Crippen molar-refractivity contribution in [2.45, 2.75) is 220 Å². The molecule has 10 unspecified atom stereocenters. The van der Waals surface area contributed by atoms with Gasteiger partial charge in [0, 0.05) is 10.3 Å². The molecule has 0 amide bonds. The Hall–Kier alpha value is 0.0800. The monoisotopic (exact) mass is 819 g/mol. The van der Waals surface area contributed by atoms with Gasteiger partial charge >= 0.3 is 0 Å². The van der Waals surface area contributed by atoms with Crippen LogP contribution in [-0.4, -0.2) is 0 Å². The van der Waals surface area contributed by atoms with Gasteiger partial charge in [-0.25, -0.2) is 0 Å². The second kappa shape index (κ2) is 10.6. The smallest absolute Gasteiger partial charge is 0.0213 e. The van der Waals surface area contributed by atoms with Crippen molar-refractivity contribution in [1.82, 2.24) is 0 Å². The van der Waals surface area contributed by atoms with E-state index in [9.17, 15) is 0 Å². The Kier molecular flexibility index (Phi) is 7.05.